The first-order valence-electron chi connectivity index (χ1n) is 6.62. The van der Waals surface area contributed by atoms with Gasteiger partial charge in [-0.2, -0.15) is 0 Å². The van der Waals surface area contributed by atoms with Gasteiger partial charge in [-0.3, -0.25) is 4.79 Å². The van der Waals surface area contributed by atoms with Gasteiger partial charge in [-0.25, -0.2) is 0 Å². The van der Waals surface area contributed by atoms with E-state index in [4.69, 9.17) is 0 Å². The van der Waals surface area contributed by atoms with Gasteiger partial charge in [0.25, 0.3) is 0 Å². The molecule has 0 bridgehead atoms. The van der Waals surface area contributed by atoms with Crippen LogP contribution in [0.4, 0.5) is 0 Å². The van der Waals surface area contributed by atoms with Crippen LogP contribution >= 0.6 is 0 Å². The second-order valence-corrected chi connectivity index (χ2v) is 4.72. The number of benzene rings is 1. The maximum absolute atomic E-state index is 11.3. The second-order valence-electron chi connectivity index (χ2n) is 4.72. The number of unbranched alkanes of at least 4 members (excludes halogenated alkanes) is 3. The molecule has 0 aliphatic heterocycles. The molecule has 18 heavy (non-hydrogen) atoms. The summed E-state index contributed by atoms with van der Waals surface area (Å²) in [5, 5.41) is 0. The Labute approximate surface area is 110 Å². The highest BCUT2D eigenvalue weighted by Gasteiger charge is 1.96. The zero-order valence-electron chi connectivity index (χ0n) is 11.4. The lowest BCUT2D eigenvalue weighted by atomic mass is 10.1. The molecule has 1 aromatic carbocycles. The molecule has 2 nitrogen and oxygen atoms in total. The SMILES string of the molecule is CN(C)C(=O)/C=C/CCCCCc1ccccc1. The zero-order valence-corrected chi connectivity index (χ0v) is 11.4. The summed E-state index contributed by atoms with van der Waals surface area (Å²) >= 11 is 0. The maximum Gasteiger partial charge on any atom is 0.245 e. The van der Waals surface area contributed by atoms with Crippen LogP contribution in [0.5, 0.6) is 0 Å². The van der Waals surface area contributed by atoms with Gasteiger partial charge in [-0.05, 0) is 37.3 Å². The Balaban J connectivity index is 2.04. The van der Waals surface area contributed by atoms with Crippen LogP contribution in [-0.2, 0) is 11.2 Å². The lowest BCUT2D eigenvalue weighted by Crippen LogP contribution is -2.18. The predicted molar refractivity (Wildman–Crippen MR) is 76.4 cm³/mol. The van der Waals surface area contributed by atoms with Gasteiger partial charge in [0, 0.05) is 14.1 Å². The molecule has 0 aliphatic carbocycles. The number of hydrogen-bond donors (Lipinski definition) is 0. The minimum absolute atomic E-state index is 0.0688. The van der Waals surface area contributed by atoms with Crippen molar-refractivity contribution in [1.82, 2.24) is 4.90 Å². The topological polar surface area (TPSA) is 20.3 Å². The van der Waals surface area contributed by atoms with E-state index < -0.39 is 0 Å². The van der Waals surface area contributed by atoms with Crippen LogP contribution in [0.2, 0.25) is 0 Å². The largest absolute Gasteiger partial charge is 0.345 e. The summed E-state index contributed by atoms with van der Waals surface area (Å²) in [4.78, 5) is 12.8. The Morgan fingerprint density at radius 3 is 2.50 bits per heavy atom. The Hall–Kier alpha value is -1.57. The van der Waals surface area contributed by atoms with E-state index in [0.29, 0.717) is 0 Å². The highest BCUT2D eigenvalue weighted by molar-refractivity contribution is 5.86. The summed E-state index contributed by atoms with van der Waals surface area (Å²) in [6, 6.07) is 10.6. The minimum atomic E-state index is 0.0688. The van der Waals surface area contributed by atoms with Crippen molar-refractivity contribution in [1.29, 1.82) is 0 Å². The summed E-state index contributed by atoms with van der Waals surface area (Å²) in [7, 11) is 3.54. The molecule has 0 saturated carbocycles. The third-order valence-corrected chi connectivity index (χ3v) is 2.88. The van der Waals surface area contributed by atoms with E-state index in [9.17, 15) is 4.79 Å². The summed E-state index contributed by atoms with van der Waals surface area (Å²) in [6.45, 7) is 0. The van der Waals surface area contributed by atoms with Crippen LogP contribution in [0.25, 0.3) is 0 Å². The van der Waals surface area contributed by atoms with Crippen LogP contribution in [0.3, 0.4) is 0 Å². The Morgan fingerprint density at radius 1 is 1.11 bits per heavy atom. The molecule has 0 aliphatic rings. The summed E-state index contributed by atoms with van der Waals surface area (Å²) in [5.74, 6) is 0.0688. The molecule has 98 valence electrons. The molecule has 0 radical (unpaired) electrons. The molecular formula is C16H23NO. The fourth-order valence-electron chi connectivity index (χ4n) is 1.75. The number of rotatable bonds is 7. The van der Waals surface area contributed by atoms with E-state index in [1.807, 2.05) is 6.08 Å². The first kappa shape index (κ1) is 14.5. The fourth-order valence-corrected chi connectivity index (χ4v) is 1.75. The number of hydrogen-bond acceptors (Lipinski definition) is 1. The predicted octanol–water partition coefficient (Wildman–Crippen LogP) is 3.43. The van der Waals surface area contributed by atoms with Crippen molar-refractivity contribution < 1.29 is 4.79 Å². The van der Waals surface area contributed by atoms with Gasteiger partial charge in [0.2, 0.25) is 5.91 Å². The first-order valence-corrected chi connectivity index (χ1v) is 6.62. The summed E-state index contributed by atoms with van der Waals surface area (Å²) in [6.07, 6.45) is 9.39. The zero-order chi connectivity index (χ0) is 13.2. The molecule has 0 aromatic heterocycles. The van der Waals surface area contributed by atoms with E-state index in [-0.39, 0.29) is 5.91 Å². The standard InChI is InChI=1S/C16H23NO/c1-17(2)16(18)14-10-5-3-4-7-11-15-12-8-6-9-13-15/h6,8-10,12-14H,3-5,7,11H2,1-2H3/b14-10+. The van der Waals surface area contributed by atoms with E-state index in [0.717, 1.165) is 19.3 Å². The van der Waals surface area contributed by atoms with Gasteiger partial charge >= 0.3 is 0 Å². The van der Waals surface area contributed by atoms with Gasteiger partial charge in [0.1, 0.15) is 0 Å². The first-order chi connectivity index (χ1) is 8.70. The van der Waals surface area contributed by atoms with Gasteiger partial charge in [-0.1, -0.05) is 42.8 Å². The second kappa shape index (κ2) is 8.51. The molecule has 1 amide bonds. The third kappa shape index (κ3) is 6.24. The average Bonchev–Trinajstić information content (AvgIpc) is 2.38. The van der Waals surface area contributed by atoms with E-state index >= 15 is 0 Å². The molecule has 0 fully saturated rings. The van der Waals surface area contributed by atoms with Crippen LogP contribution in [0.15, 0.2) is 42.5 Å². The molecule has 0 saturated heterocycles. The molecule has 0 N–H and O–H groups in total. The lowest BCUT2D eigenvalue weighted by Gasteiger charge is -2.05. The van der Waals surface area contributed by atoms with Crippen LogP contribution in [0, 0.1) is 0 Å². The molecule has 2 heteroatoms. The van der Waals surface area contributed by atoms with Gasteiger partial charge in [0.15, 0.2) is 0 Å². The van der Waals surface area contributed by atoms with Crippen LogP contribution in [-0.4, -0.2) is 24.9 Å². The normalized spacial score (nSPS) is 10.8. The third-order valence-electron chi connectivity index (χ3n) is 2.88. The van der Waals surface area contributed by atoms with Crippen molar-refractivity contribution in [3.63, 3.8) is 0 Å². The number of carbonyl (C=O) groups excluding carboxylic acids is 1. The molecular weight excluding hydrogens is 222 g/mol. The van der Waals surface area contributed by atoms with Crippen molar-refractivity contribution >= 4 is 5.91 Å². The van der Waals surface area contributed by atoms with Gasteiger partial charge < -0.3 is 4.90 Å². The van der Waals surface area contributed by atoms with Crippen LogP contribution in [0.1, 0.15) is 31.2 Å². The van der Waals surface area contributed by atoms with E-state index in [1.165, 1.54) is 18.4 Å². The summed E-state index contributed by atoms with van der Waals surface area (Å²) in [5.41, 5.74) is 1.41. The average molecular weight is 245 g/mol. The smallest absolute Gasteiger partial charge is 0.245 e. The number of nitrogens with zero attached hydrogens (tertiary/aromatic N) is 1. The monoisotopic (exact) mass is 245 g/mol. The number of amides is 1. The molecule has 0 unspecified atom stereocenters. The Kier molecular flexibility index (Phi) is 6.85. The number of carbonyl (C=O) groups is 1. The summed E-state index contributed by atoms with van der Waals surface area (Å²) < 4.78 is 0. The Bertz CT molecular complexity index is 368. The molecule has 1 aromatic rings. The maximum atomic E-state index is 11.3. The van der Waals surface area contributed by atoms with Crippen molar-refractivity contribution in [3.8, 4) is 0 Å². The highest BCUT2D eigenvalue weighted by atomic mass is 16.2. The number of likely N-dealkylation sites (N-methyl/N-ethyl adjacent to an activating group) is 1. The Morgan fingerprint density at radius 2 is 1.83 bits per heavy atom. The van der Waals surface area contributed by atoms with Crippen LogP contribution < -0.4 is 0 Å². The molecule has 0 spiro atoms. The lowest BCUT2D eigenvalue weighted by molar-refractivity contribution is -0.123. The van der Waals surface area contributed by atoms with Crippen molar-refractivity contribution in [2.45, 2.75) is 32.1 Å². The van der Waals surface area contributed by atoms with Gasteiger partial charge in [0.05, 0.1) is 0 Å². The molecule has 0 atom stereocenters. The van der Waals surface area contributed by atoms with Crippen molar-refractivity contribution in [3.05, 3.63) is 48.0 Å². The quantitative estimate of drug-likeness (QED) is 0.532. The molecule has 0 heterocycles. The van der Waals surface area contributed by atoms with E-state index in [2.05, 4.69) is 30.3 Å². The number of allylic oxidation sites excluding steroid dienone is 1. The molecule has 1 rings (SSSR count). The number of aryl methyl sites for hydroxylation is 1. The van der Waals surface area contributed by atoms with Crippen molar-refractivity contribution in [2.24, 2.45) is 0 Å². The fraction of sp³-hybridized carbons (Fsp3) is 0.438. The van der Waals surface area contributed by atoms with Gasteiger partial charge in [-0.15, -0.1) is 0 Å². The minimum Gasteiger partial charge on any atom is -0.345 e. The highest BCUT2D eigenvalue weighted by Crippen LogP contribution is 2.07. The van der Waals surface area contributed by atoms with E-state index in [1.54, 1.807) is 25.1 Å². The van der Waals surface area contributed by atoms with Crippen molar-refractivity contribution in [2.75, 3.05) is 14.1 Å².